The molecule has 124 valence electrons. The van der Waals surface area contributed by atoms with Crippen LogP contribution in [-0.4, -0.2) is 32.8 Å². The summed E-state index contributed by atoms with van der Waals surface area (Å²) >= 11 is 0. The van der Waals surface area contributed by atoms with E-state index in [4.69, 9.17) is 0 Å². The number of nitrogens with zero attached hydrogens (tertiary/aromatic N) is 3. The molecule has 0 unspecified atom stereocenters. The van der Waals surface area contributed by atoms with E-state index in [1.54, 1.807) is 10.9 Å². The molecule has 0 bridgehead atoms. The van der Waals surface area contributed by atoms with Crippen molar-refractivity contribution in [2.45, 2.75) is 60.0 Å². The summed E-state index contributed by atoms with van der Waals surface area (Å²) in [4.78, 5) is 14.9. The van der Waals surface area contributed by atoms with Gasteiger partial charge in [0.25, 0.3) is 0 Å². The summed E-state index contributed by atoms with van der Waals surface area (Å²) in [6.45, 7) is 12.3. The highest BCUT2D eigenvalue weighted by atomic mass is 16.2. The molecular weight excluding hydrogens is 286 g/mol. The Kier molecular flexibility index (Phi) is 5.24. The maximum atomic E-state index is 13.0. The van der Waals surface area contributed by atoms with Crippen LogP contribution in [0.1, 0.15) is 47.1 Å². The SMILES string of the molecule is CC(C)=CCc1cccc2cnn(C(=O)N(C(C)C)C(C)C)c12. The lowest BCUT2D eigenvalue weighted by molar-refractivity contribution is 0.164. The zero-order chi connectivity index (χ0) is 17.1. The van der Waals surface area contributed by atoms with E-state index in [1.165, 1.54) is 5.57 Å². The molecule has 0 radical (unpaired) electrons. The number of benzene rings is 1. The fraction of sp³-hybridized carbons (Fsp3) is 0.474. The minimum Gasteiger partial charge on any atom is -0.318 e. The van der Waals surface area contributed by atoms with E-state index in [0.717, 1.165) is 22.9 Å². The number of rotatable bonds is 4. The number of allylic oxidation sites excluding steroid dienone is 2. The van der Waals surface area contributed by atoms with Crippen molar-refractivity contribution in [3.05, 3.63) is 41.6 Å². The van der Waals surface area contributed by atoms with Crippen LogP contribution in [0, 0.1) is 0 Å². The topological polar surface area (TPSA) is 38.1 Å². The van der Waals surface area contributed by atoms with E-state index in [9.17, 15) is 4.79 Å². The lowest BCUT2D eigenvalue weighted by Gasteiger charge is -2.30. The van der Waals surface area contributed by atoms with Crippen molar-refractivity contribution < 1.29 is 4.79 Å². The van der Waals surface area contributed by atoms with Gasteiger partial charge in [-0.2, -0.15) is 9.78 Å². The Morgan fingerprint density at radius 3 is 2.43 bits per heavy atom. The molecule has 4 nitrogen and oxygen atoms in total. The van der Waals surface area contributed by atoms with E-state index in [0.29, 0.717) is 0 Å². The van der Waals surface area contributed by atoms with Crippen LogP contribution in [0.5, 0.6) is 0 Å². The van der Waals surface area contributed by atoms with E-state index in [-0.39, 0.29) is 18.1 Å². The van der Waals surface area contributed by atoms with Crippen LogP contribution >= 0.6 is 0 Å². The van der Waals surface area contributed by atoms with Crippen LogP contribution in [0.15, 0.2) is 36.0 Å². The lowest BCUT2D eigenvalue weighted by atomic mass is 10.1. The summed E-state index contributed by atoms with van der Waals surface area (Å²) in [5.41, 5.74) is 3.31. The molecule has 2 rings (SSSR count). The second-order valence-electron chi connectivity index (χ2n) is 6.77. The van der Waals surface area contributed by atoms with E-state index in [2.05, 4.69) is 31.1 Å². The first kappa shape index (κ1) is 17.3. The first-order chi connectivity index (χ1) is 10.8. The number of hydrogen-bond donors (Lipinski definition) is 0. The summed E-state index contributed by atoms with van der Waals surface area (Å²) in [6.07, 6.45) is 4.76. The number of fused-ring (bicyclic) bond motifs is 1. The fourth-order valence-electron chi connectivity index (χ4n) is 2.92. The van der Waals surface area contributed by atoms with Gasteiger partial charge in [-0.3, -0.25) is 0 Å². The molecule has 0 aliphatic rings. The summed E-state index contributed by atoms with van der Waals surface area (Å²) in [5, 5.41) is 5.38. The highest BCUT2D eigenvalue weighted by Gasteiger charge is 2.24. The third-order valence-electron chi connectivity index (χ3n) is 3.92. The van der Waals surface area contributed by atoms with Crippen molar-refractivity contribution in [1.82, 2.24) is 14.7 Å². The van der Waals surface area contributed by atoms with Crippen molar-refractivity contribution >= 4 is 16.9 Å². The van der Waals surface area contributed by atoms with Gasteiger partial charge in [0.05, 0.1) is 11.7 Å². The van der Waals surface area contributed by atoms with Crippen LogP contribution < -0.4 is 0 Å². The largest absolute Gasteiger partial charge is 0.345 e. The number of para-hydroxylation sites is 1. The van der Waals surface area contributed by atoms with Crippen LogP contribution in [0.4, 0.5) is 4.79 Å². The maximum Gasteiger partial charge on any atom is 0.345 e. The van der Waals surface area contributed by atoms with Gasteiger partial charge in [-0.1, -0.05) is 29.8 Å². The summed E-state index contributed by atoms with van der Waals surface area (Å²) in [5.74, 6) is 0. The number of aromatic nitrogens is 2. The molecule has 0 aliphatic heterocycles. The van der Waals surface area contributed by atoms with Gasteiger partial charge in [0.2, 0.25) is 0 Å². The van der Waals surface area contributed by atoms with Gasteiger partial charge in [0.1, 0.15) is 0 Å². The van der Waals surface area contributed by atoms with Crippen molar-refractivity contribution in [3.63, 3.8) is 0 Å². The van der Waals surface area contributed by atoms with Gasteiger partial charge in [0.15, 0.2) is 0 Å². The quantitative estimate of drug-likeness (QED) is 0.772. The average Bonchev–Trinajstić information content (AvgIpc) is 2.88. The third kappa shape index (κ3) is 3.63. The molecule has 23 heavy (non-hydrogen) atoms. The molecule has 0 saturated carbocycles. The molecule has 4 heteroatoms. The molecule has 0 N–H and O–H groups in total. The molecule has 0 aliphatic carbocycles. The van der Waals surface area contributed by atoms with Crippen LogP contribution in [0.3, 0.4) is 0 Å². The minimum absolute atomic E-state index is 0.0605. The van der Waals surface area contributed by atoms with E-state index >= 15 is 0 Å². The zero-order valence-corrected chi connectivity index (χ0v) is 15.0. The Balaban J connectivity index is 2.53. The van der Waals surface area contributed by atoms with Gasteiger partial charge in [-0.15, -0.1) is 0 Å². The summed E-state index contributed by atoms with van der Waals surface area (Å²) in [7, 11) is 0. The molecule has 0 atom stereocenters. The third-order valence-corrected chi connectivity index (χ3v) is 3.92. The standard InChI is InChI=1S/C19H27N3O/c1-13(2)10-11-16-8-7-9-17-12-20-22(18(16)17)19(23)21(14(3)4)15(5)6/h7-10,12,14-15H,11H2,1-6H3. The fourth-order valence-corrected chi connectivity index (χ4v) is 2.92. The zero-order valence-electron chi connectivity index (χ0n) is 15.0. The summed E-state index contributed by atoms with van der Waals surface area (Å²) in [6, 6.07) is 6.30. The van der Waals surface area contributed by atoms with Crippen LogP contribution in [0.2, 0.25) is 0 Å². The number of hydrogen-bond acceptors (Lipinski definition) is 2. The smallest absolute Gasteiger partial charge is 0.318 e. The predicted molar refractivity (Wildman–Crippen MR) is 95.8 cm³/mol. The van der Waals surface area contributed by atoms with Crippen molar-refractivity contribution in [3.8, 4) is 0 Å². The number of amides is 1. The minimum atomic E-state index is -0.0605. The molecule has 1 amide bonds. The molecule has 1 aromatic heterocycles. The average molecular weight is 313 g/mol. The van der Waals surface area contributed by atoms with Crippen LogP contribution in [0.25, 0.3) is 10.9 Å². The van der Waals surface area contributed by atoms with Crippen molar-refractivity contribution in [2.75, 3.05) is 0 Å². The summed E-state index contributed by atoms with van der Waals surface area (Å²) < 4.78 is 1.56. The Hall–Kier alpha value is -2.10. The normalized spacial score (nSPS) is 11.3. The van der Waals surface area contributed by atoms with Crippen LogP contribution in [-0.2, 0) is 6.42 Å². The van der Waals surface area contributed by atoms with Crippen molar-refractivity contribution in [2.24, 2.45) is 0 Å². The van der Waals surface area contributed by atoms with Crippen molar-refractivity contribution in [1.29, 1.82) is 0 Å². The second kappa shape index (κ2) is 6.99. The highest BCUT2D eigenvalue weighted by Crippen LogP contribution is 2.21. The Morgan fingerprint density at radius 1 is 1.22 bits per heavy atom. The first-order valence-corrected chi connectivity index (χ1v) is 8.24. The predicted octanol–water partition coefficient (Wildman–Crippen LogP) is 4.63. The number of carbonyl (C=O) groups excluding carboxylic acids is 1. The molecule has 1 aromatic carbocycles. The lowest BCUT2D eigenvalue weighted by Crippen LogP contribution is -2.44. The van der Waals surface area contributed by atoms with Gasteiger partial charge >= 0.3 is 6.03 Å². The van der Waals surface area contributed by atoms with Gasteiger partial charge < -0.3 is 4.90 Å². The molecule has 0 spiro atoms. The van der Waals surface area contributed by atoms with Gasteiger partial charge in [-0.25, -0.2) is 4.79 Å². The maximum absolute atomic E-state index is 13.0. The van der Waals surface area contributed by atoms with Gasteiger partial charge in [-0.05, 0) is 53.5 Å². The van der Waals surface area contributed by atoms with E-state index < -0.39 is 0 Å². The van der Waals surface area contributed by atoms with Gasteiger partial charge in [0, 0.05) is 17.5 Å². The Bertz CT molecular complexity index is 713. The molecule has 0 fully saturated rings. The molecule has 1 heterocycles. The second-order valence-corrected chi connectivity index (χ2v) is 6.77. The monoisotopic (exact) mass is 313 g/mol. The molecular formula is C19H27N3O. The Labute approximate surface area is 138 Å². The molecule has 2 aromatic rings. The first-order valence-electron chi connectivity index (χ1n) is 8.24. The molecule has 0 saturated heterocycles. The number of carbonyl (C=O) groups is 1. The van der Waals surface area contributed by atoms with E-state index in [1.807, 2.05) is 44.7 Å². The Morgan fingerprint density at radius 2 is 1.87 bits per heavy atom. The highest BCUT2D eigenvalue weighted by molar-refractivity contribution is 5.92.